The molecular weight excluding hydrogens is 504 g/mol. The molecule has 0 aromatic carbocycles. The van der Waals surface area contributed by atoms with Crippen LogP contribution in [-0.4, -0.2) is 38.0 Å². The summed E-state index contributed by atoms with van der Waals surface area (Å²) in [7, 11) is 0. The van der Waals surface area contributed by atoms with E-state index in [9.17, 15) is 20.2 Å². The lowest BCUT2D eigenvalue weighted by Gasteiger charge is -2.06. The number of halogens is 1. The second-order valence-electron chi connectivity index (χ2n) is 7.72. The van der Waals surface area contributed by atoms with E-state index in [2.05, 4.69) is 21.9 Å². The number of rotatable bonds is 8. The highest BCUT2D eigenvalue weighted by atomic mass is 35.5. The molecule has 0 saturated carbocycles. The summed E-state index contributed by atoms with van der Waals surface area (Å²) in [4.78, 5) is 31.2. The molecule has 3 aromatic rings. The number of hydrogen-bond donors (Lipinski definition) is 1. The first-order chi connectivity index (χ1) is 17.5. The molecule has 37 heavy (non-hydrogen) atoms. The van der Waals surface area contributed by atoms with Crippen LogP contribution in [0.4, 0.5) is 17.1 Å². The Morgan fingerprint density at radius 3 is 1.62 bits per heavy atom. The van der Waals surface area contributed by atoms with Crippen LogP contribution >= 0.6 is 11.6 Å². The Morgan fingerprint density at radius 1 is 0.784 bits per heavy atom. The molecule has 3 rings (SSSR count). The fourth-order valence-electron chi connectivity index (χ4n) is 2.57. The highest BCUT2D eigenvalue weighted by Gasteiger charge is 2.10. The lowest BCUT2D eigenvalue weighted by atomic mass is 10.3. The minimum atomic E-state index is -0.504. The number of ether oxygens (including phenoxy) is 2. The molecule has 0 amide bonds. The molecule has 3 aromatic heterocycles. The van der Waals surface area contributed by atoms with Crippen molar-refractivity contribution in [2.75, 3.05) is 18.9 Å². The molecule has 0 bridgehead atoms. The molecule has 0 radical (unpaired) electrons. The third kappa shape index (κ3) is 11.0. The minimum Gasteiger partial charge on any atom is -0.477 e. The van der Waals surface area contributed by atoms with Crippen molar-refractivity contribution in [2.24, 2.45) is 0 Å². The van der Waals surface area contributed by atoms with Crippen molar-refractivity contribution < 1.29 is 19.3 Å². The smallest absolute Gasteiger partial charge is 0.288 e. The number of pyridine rings is 3. The Balaban J connectivity index is 0.000000280. The van der Waals surface area contributed by atoms with Gasteiger partial charge in [0.05, 0.1) is 34.9 Å². The summed E-state index contributed by atoms with van der Waals surface area (Å²) in [6.45, 7) is 10.7. The van der Waals surface area contributed by atoms with Gasteiger partial charge in [-0.3, -0.25) is 20.2 Å². The molecule has 0 aliphatic carbocycles. The number of nitrogens with zero attached hydrogens (tertiary/aromatic N) is 5. The van der Waals surface area contributed by atoms with Crippen molar-refractivity contribution in [1.82, 2.24) is 15.0 Å². The summed E-state index contributed by atoms with van der Waals surface area (Å²) < 4.78 is 10.7. The lowest BCUT2D eigenvalue weighted by molar-refractivity contribution is -0.385. The predicted octanol–water partition coefficient (Wildman–Crippen LogP) is 5.80. The SMILES string of the molecule is CCCOc1ncc(N)cc1C.CCCOc1ncc([N+](=O)[O-])cc1C.Cc1cc([N+](=O)[O-])cnc1Cl. The fourth-order valence-corrected chi connectivity index (χ4v) is 2.68. The monoisotopic (exact) mass is 534 g/mol. The lowest BCUT2D eigenvalue weighted by Crippen LogP contribution is -2.00. The summed E-state index contributed by atoms with van der Waals surface area (Å²) >= 11 is 5.55. The molecule has 13 heteroatoms. The van der Waals surface area contributed by atoms with Crippen LogP contribution in [0.3, 0.4) is 0 Å². The van der Waals surface area contributed by atoms with Crippen LogP contribution in [-0.2, 0) is 0 Å². The molecular formula is C24H31ClN6O6. The fraction of sp³-hybridized carbons (Fsp3) is 0.375. The summed E-state index contributed by atoms with van der Waals surface area (Å²) in [5.41, 5.74) is 8.46. The van der Waals surface area contributed by atoms with E-state index in [0.29, 0.717) is 46.9 Å². The van der Waals surface area contributed by atoms with Crippen LogP contribution in [0.5, 0.6) is 11.8 Å². The maximum Gasteiger partial charge on any atom is 0.288 e. The number of aromatic nitrogens is 3. The zero-order chi connectivity index (χ0) is 28.0. The van der Waals surface area contributed by atoms with Crippen molar-refractivity contribution >= 4 is 28.7 Å². The summed E-state index contributed by atoms with van der Waals surface area (Å²) in [6.07, 6.45) is 5.83. The van der Waals surface area contributed by atoms with Crippen molar-refractivity contribution in [2.45, 2.75) is 47.5 Å². The van der Waals surface area contributed by atoms with Gasteiger partial charge in [0.15, 0.2) is 0 Å². The summed E-state index contributed by atoms with van der Waals surface area (Å²) in [6, 6.07) is 4.70. The van der Waals surface area contributed by atoms with Gasteiger partial charge in [-0.15, -0.1) is 0 Å². The largest absolute Gasteiger partial charge is 0.477 e. The first-order valence-corrected chi connectivity index (χ1v) is 11.7. The first kappa shape index (κ1) is 31.0. The number of nitrogen functional groups attached to an aromatic ring is 1. The van der Waals surface area contributed by atoms with Crippen LogP contribution in [0, 0.1) is 41.0 Å². The number of nitrogens with two attached hydrogens (primary N) is 1. The van der Waals surface area contributed by atoms with E-state index in [1.807, 2.05) is 19.9 Å². The zero-order valence-corrected chi connectivity index (χ0v) is 22.2. The van der Waals surface area contributed by atoms with Crippen LogP contribution in [0.15, 0.2) is 36.8 Å². The Labute approximate surface area is 220 Å². The third-order valence-electron chi connectivity index (χ3n) is 4.37. The van der Waals surface area contributed by atoms with Crippen LogP contribution < -0.4 is 15.2 Å². The van der Waals surface area contributed by atoms with Gasteiger partial charge in [0.2, 0.25) is 11.8 Å². The maximum absolute atomic E-state index is 10.4. The molecule has 0 saturated heterocycles. The Kier molecular flexibility index (Phi) is 13.3. The molecule has 12 nitrogen and oxygen atoms in total. The van der Waals surface area contributed by atoms with Gasteiger partial charge in [0.25, 0.3) is 11.4 Å². The molecule has 200 valence electrons. The van der Waals surface area contributed by atoms with Gasteiger partial charge in [0.1, 0.15) is 17.5 Å². The van der Waals surface area contributed by atoms with Gasteiger partial charge >= 0.3 is 0 Å². The van der Waals surface area contributed by atoms with E-state index >= 15 is 0 Å². The van der Waals surface area contributed by atoms with E-state index in [1.165, 1.54) is 18.3 Å². The number of anilines is 1. The van der Waals surface area contributed by atoms with Gasteiger partial charge < -0.3 is 15.2 Å². The molecule has 0 aliphatic heterocycles. The number of aryl methyl sites for hydroxylation is 3. The second kappa shape index (κ2) is 15.8. The Morgan fingerprint density at radius 2 is 1.22 bits per heavy atom. The predicted molar refractivity (Wildman–Crippen MR) is 141 cm³/mol. The van der Waals surface area contributed by atoms with Crippen LogP contribution in [0.1, 0.15) is 43.4 Å². The molecule has 0 spiro atoms. The van der Waals surface area contributed by atoms with Gasteiger partial charge in [-0.25, -0.2) is 15.0 Å². The Bertz CT molecular complexity index is 1190. The zero-order valence-electron chi connectivity index (χ0n) is 21.4. The van der Waals surface area contributed by atoms with Crippen molar-refractivity contribution in [1.29, 1.82) is 0 Å². The summed E-state index contributed by atoms with van der Waals surface area (Å²) in [5, 5.41) is 20.9. The maximum atomic E-state index is 10.4. The van der Waals surface area contributed by atoms with Gasteiger partial charge in [0, 0.05) is 23.3 Å². The molecule has 0 fully saturated rings. The quantitative estimate of drug-likeness (QED) is 0.211. The molecule has 0 atom stereocenters. The van der Waals surface area contributed by atoms with Gasteiger partial charge in [-0.05, 0) is 45.2 Å². The Hall–Kier alpha value is -4.06. The minimum absolute atomic E-state index is 0.00801. The molecule has 2 N–H and O–H groups in total. The average molecular weight is 535 g/mol. The van der Waals surface area contributed by atoms with Crippen molar-refractivity contribution in [3.63, 3.8) is 0 Å². The summed E-state index contributed by atoms with van der Waals surface area (Å²) in [5.74, 6) is 1.16. The van der Waals surface area contributed by atoms with Gasteiger partial charge in [-0.2, -0.15) is 0 Å². The highest BCUT2D eigenvalue weighted by molar-refractivity contribution is 6.30. The molecule has 0 aliphatic rings. The second-order valence-corrected chi connectivity index (χ2v) is 8.08. The third-order valence-corrected chi connectivity index (χ3v) is 4.77. The first-order valence-electron chi connectivity index (χ1n) is 11.3. The standard InChI is InChI=1S/C9H12N2O3.C9H14N2O.C6H5ClN2O2/c1-3-4-14-9-7(2)5-8(6-10-9)11(12)13;1-3-4-12-9-7(2)5-8(10)6-11-9;1-4-2-5(9(10)11)3-8-6(4)7/h5-6H,3-4H2,1-2H3;5-6H,3-4,10H2,1-2H3;2-3H,1H3. The normalized spacial score (nSPS) is 9.78. The van der Waals surface area contributed by atoms with E-state index in [-0.39, 0.29) is 11.4 Å². The number of nitro groups is 2. The van der Waals surface area contributed by atoms with Gasteiger partial charge in [-0.1, -0.05) is 25.4 Å². The highest BCUT2D eigenvalue weighted by Crippen LogP contribution is 2.20. The molecule has 0 unspecified atom stereocenters. The van der Waals surface area contributed by atoms with Crippen LogP contribution in [0.25, 0.3) is 0 Å². The topological polar surface area (TPSA) is 169 Å². The van der Waals surface area contributed by atoms with Crippen LogP contribution in [0.2, 0.25) is 5.15 Å². The average Bonchev–Trinajstić information content (AvgIpc) is 2.85. The van der Waals surface area contributed by atoms with E-state index in [0.717, 1.165) is 24.6 Å². The van der Waals surface area contributed by atoms with E-state index in [1.54, 1.807) is 20.0 Å². The van der Waals surface area contributed by atoms with Crippen molar-refractivity contribution in [3.05, 3.63) is 78.9 Å². The molecule has 3 heterocycles. The van der Waals surface area contributed by atoms with E-state index < -0.39 is 9.85 Å². The van der Waals surface area contributed by atoms with Crippen molar-refractivity contribution in [3.8, 4) is 11.8 Å². The van der Waals surface area contributed by atoms with E-state index in [4.69, 9.17) is 26.8 Å². The number of hydrogen-bond acceptors (Lipinski definition) is 10.